The third kappa shape index (κ3) is 6.11. The van der Waals surface area contributed by atoms with Gasteiger partial charge >= 0.3 is 12.1 Å². The SMILES string of the molecule is C=Cc1nc(C2=CCC(C(F)(F)F)C=C2)sc1COc1ccc2c(c1)C=CC2CCCCC(=O)O. The van der Waals surface area contributed by atoms with Gasteiger partial charge in [0.2, 0.25) is 0 Å². The molecule has 2 aliphatic rings. The Hall–Kier alpha value is -3.13. The quantitative estimate of drug-likeness (QED) is 0.340. The van der Waals surface area contributed by atoms with Crippen LogP contribution in [-0.2, 0) is 11.4 Å². The summed E-state index contributed by atoms with van der Waals surface area (Å²) in [6.45, 7) is 4.09. The van der Waals surface area contributed by atoms with E-state index in [9.17, 15) is 18.0 Å². The number of aliphatic carboxylic acids is 1. The van der Waals surface area contributed by atoms with Crippen molar-refractivity contribution in [1.29, 1.82) is 0 Å². The lowest BCUT2D eigenvalue weighted by molar-refractivity contribution is -0.160. The molecule has 0 fully saturated rings. The molecule has 184 valence electrons. The number of aromatic nitrogens is 1. The minimum Gasteiger partial charge on any atom is -0.488 e. The molecule has 0 saturated carbocycles. The average Bonchev–Trinajstić information content (AvgIpc) is 3.43. The number of fused-ring (bicyclic) bond motifs is 1. The molecular formula is C27H26F3NO3S. The number of rotatable bonds is 10. The molecule has 0 radical (unpaired) electrons. The maximum Gasteiger partial charge on any atom is 0.395 e. The van der Waals surface area contributed by atoms with E-state index in [4.69, 9.17) is 9.84 Å². The molecular weight excluding hydrogens is 475 g/mol. The Morgan fingerprint density at radius 1 is 1.26 bits per heavy atom. The van der Waals surface area contributed by atoms with E-state index in [1.165, 1.54) is 29.1 Å². The van der Waals surface area contributed by atoms with Crippen LogP contribution in [0.5, 0.6) is 5.75 Å². The van der Waals surface area contributed by atoms with Crippen LogP contribution in [0.25, 0.3) is 17.7 Å². The zero-order valence-corrected chi connectivity index (χ0v) is 19.9. The molecule has 2 aromatic rings. The Bertz CT molecular complexity index is 1190. The number of hydrogen-bond acceptors (Lipinski definition) is 4. The van der Waals surface area contributed by atoms with E-state index >= 15 is 0 Å². The summed E-state index contributed by atoms with van der Waals surface area (Å²) in [5, 5.41) is 9.43. The van der Waals surface area contributed by atoms with E-state index in [1.807, 2.05) is 18.2 Å². The van der Waals surface area contributed by atoms with Gasteiger partial charge in [0.25, 0.3) is 0 Å². The molecule has 4 nitrogen and oxygen atoms in total. The molecule has 0 saturated heterocycles. The second kappa shape index (κ2) is 10.6. The average molecular weight is 502 g/mol. The van der Waals surface area contributed by atoms with Crippen molar-refractivity contribution < 1.29 is 27.8 Å². The highest BCUT2D eigenvalue weighted by Gasteiger charge is 2.38. The number of carbonyl (C=O) groups is 1. The van der Waals surface area contributed by atoms with Crippen LogP contribution in [0.15, 0.2) is 49.1 Å². The molecule has 2 unspecified atom stereocenters. The second-order valence-electron chi connectivity index (χ2n) is 8.62. The van der Waals surface area contributed by atoms with Crippen molar-refractivity contribution in [2.24, 2.45) is 5.92 Å². The molecule has 0 spiro atoms. The van der Waals surface area contributed by atoms with Crippen LogP contribution >= 0.6 is 11.3 Å². The number of allylic oxidation sites excluding steroid dienone is 5. The number of carboxylic acid groups (broad SMARTS) is 1. The second-order valence-corrected chi connectivity index (χ2v) is 9.70. The van der Waals surface area contributed by atoms with Gasteiger partial charge in [-0.05, 0) is 48.6 Å². The lowest BCUT2D eigenvalue weighted by atomic mass is 9.95. The van der Waals surface area contributed by atoms with Crippen LogP contribution in [0.2, 0.25) is 0 Å². The van der Waals surface area contributed by atoms with E-state index in [2.05, 4.69) is 23.7 Å². The Labute approximate surface area is 206 Å². The van der Waals surface area contributed by atoms with Gasteiger partial charge in [0, 0.05) is 17.9 Å². The molecule has 1 N–H and O–H groups in total. The first-order valence-corrected chi connectivity index (χ1v) is 12.3. The predicted octanol–water partition coefficient (Wildman–Crippen LogP) is 7.64. The van der Waals surface area contributed by atoms with Gasteiger partial charge in [-0.25, -0.2) is 4.98 Å². The minimum absolute atomic E-state index is 0.0899. The van der Waals surface area contributed by atoms with E-state index < -0.39 is 18.1 Å². The highest BCUT2D eigenvalue weighted by Crippen LogP contribution is 2.38. The van der Waals surface area contributed by atoms with E-state index in [0.29, 0.717) is 22.7 Å². The number of hydrogen-bond donors (Lipinski definition) is 1. The first-order valence-electron chi connectivity index (χ1n) is 11.5. The first-order chi connectivity index (χ1) is 16.7. The van der Waals surface area contributed by atoms with Crippen molar-refractivity contribution in [2.75, 3.05) is 0 Å². The fourth-order valence-corrected chi connectivity index (χ4v) is 5.26. The van der Waals surface area contributed by atoms with Gasteiger partial charge in [-0.2, -0.15) is 13.2 Å². The summed E-state index contributed by atoms with van der Waals surface area (Å²) in [5.74, 6) is -1.21. The topological polar surface area (TPSA) is 59.4 Å². The van der Waals surface area contributed by atoms with Gasteiger partial charge in [-0.1, -0.05) is 49.4 Å². The number of ether oxygens (including phenoxy) is 1. The zero-order chi connectivity index (χ0) is 25.0. The van der Waals surface area contributed by atoms with Crippen LogP contribution in [0.4, 0.5) is 13.2 Å². The highest BCUT2D eigenvalue weighted by atomic mass is 32.1. The third-order valence-corrected chi connectivity index (χ3v) is 7.27. The molecule has 0 amide bonds. The lowest BCUT2D eigenvalue weighted by Crippen LogP contribution is -2.21. The summed E-state index contributed by atoms with van der Waals surface area (Å²) in [4.78, 5) is 16.1. The fourth-order valence-electron chi connectivity index (χ4n) is 4.26. The molecule has 0 aliphatic heterocycles. The van der Waals surface area contributed by atoms with Crippen molar-refractivity contribution in [1.82, 2.24) is 4.98 Å². The summed E-state index contributed by atoms with van der Waals surface area (Å²) in [6.07, 6.45) is 8.43. The van der Waals surface area contributed by atoms with Crippen molar-refractivity contribution >= 4 is 35.0 Å². The third-order valence-electron chi connectivity index (χ3n) is 6.18. The lowest BCUT2D eigenvalue weighted by Gasteiger charge is -2.18. The van der Waals surface area contributed by atoms with Crippen LogP contribution in [0, 0.1) is 5.92 Å². The maximum atomic E-state index is 12.9. The largest absolute Gasteiger partial charge is 0.488 e. The molecule has 8 heteroatoms. The van der Waals surface area contributed by atoms with E-state index in [1.54, 1.807) is 12.2 Å². The number of halogens is 3. The summed E-state index contributed by atoms with van der Waals surface area (Å²) in [5.41, 5.74) is 3.66. The molecule has 1 heterocycles. The molecule has 2 atom stereocenters. The van der Waals surface area contributed by atoms with Gasteiger partial charge in [-0.3, -0.25) is 4.79 Å². The number of thiazole rings is 1. The summed E-state index contributed by atoms with van der Waals surface area (Å²) >= 11 is 1.39. The summed E-state index contributed by atoms with van der Waals surface area (Å²) in [7, 11) is 0. The summed E-state index contributed by atoms with van der Waals surface area (Å²) in [6, 6.07) is 5.96. The number of nitrogens with zero attached hydrogens (tertiary/aromatic N) is 1. The minimum atomic E-state index is -4.24. The molecule has 1 aromatic heterocycles. The predicted molar refractivity (Wildman–Crippen MR) is 132 cm³/mol. The number of alkyl halides is 3. The molecule has 2 aliphatic carbocycles. The van der Waals surface area contributed by atoms with Crippen molar-refractivity contribution in [3.05, 3.63) is 75.8 Å². The Morgan fingerprint density at radius 2 is 2.09 bits per heavy atom. The normalized spacial score (nSPS) is 18.9. The van der Waals surface area contributed by atoms with E-state index in [-0.39, 0.29) is 25.4 Å². The molecule has 35 heavy (non-hydrogen) atoms. The standard InChI is InChI=1S/C27H26F3NO3S/c1-2-23-24(35-26(31-23)18-9-11-20(12-10-18)27(28,29)30)16-34-21-13-14-22-17(7-8-19(22)15-21)5-3-4-6-25(32)33/h2,7-11,13-15,17,20H,1,3-6,12,16H2,(H,32,33). The first kappa shape index (κ1) is 25.0. The van der Waals surface area contributed by atoms with Gasteiger partial charge in [0.05, 0.1) is 16.5 Å². The molecule has 1 aromatic carbocycles. The van der Waals surface area contributed by atoms with Crippen LogP contribution in [-0.4, -0.2) is 22.2 Å². The number of unbranched alkanes of at least 4 members (excludes halogenated alkanes) is 1. The Kier molecular flexibility index (Phi) is 7.60. The van der Waals surface area contributed by atoms with Crippen LogP contribution in [0.1, 0.15) is 64.7 Å². The van der Waals surface area contributed by atoms with Crippen LogP contribution < -0.4 is 4.74 Å². The van der Waals surface area contributed by atoms with Gasteiger partial charge in [-0.15, -0.1) is 11.3 Å². The van der Waals surface area contributed by atoms with Gasteiger partial charge < -0.3 is 9.84 Å². The fraction of sp³-hybridized carbons (Fsp3) is 0.333. The van der Waals surface area contributed by atoms with Crippen molar-refractivity contribution in [2.45, 2.75) is 50.8 Å². The van der Waals surface area contributed by atoms with E-state index in [0.717, 1.165) is 29.0 Å². The number of benzene rings is 1. The van der Waals surface area contributed by atoms with Crippen molar-refractivity contribution in [3.63, 3.8) is 0 Å². The van der Waals surface area contributed by atoms with Crippen LogP contribution in [0.3, 0.4) is 0 Å². The molecule has 0 bridgehead atoms. The van der Waals surface area contributed by atoms with Gasteiger partial charge in [0.1, 0.15) is 17.4 Å². The van der Waals surface area contributed by atoms with Crippen molar-refractivity contribution in [3.8, 4) is 5.75 Å². The smallest absolute Gasteiger partial charge is 0.395 e. The zero-order valence-electron chi connectivity index (χ0n) is 19.1. The van der Waals surface area contributed by atoms with Gasteiger partial charge in [0.15, 0.2) is 0 Å². The summed E-state index contributed by atoms with van der Waals surface area (Å²) < 4.78 is 44.7. The maximum absolute atomic E-state index is 12.9. The molecule has 4 rings (SSSR count). The Balaban J connectivity index is 1.37. The Morgan fingerprint density at radius 3 is 2.77 bits per heavy atom. The highest BCUT2D eigenvalue weighted by molar-refractivity contribution is 7.13. The number of carboxylic acids is 1. The monoisotopic (exact) mass is 501 g/mol.